The standard InChI is InChI=1S/C23H28N4O3/c1-17-16-27(22(29)25-14-18-6-3-2-4-7-18)13-11-23(17)10-9-20(30-23)21(28)26-19-8-5-12-24-15-19/h2-8,12,15,17,20H,9-11,13-14,16H2,1H3,(H,25,29)(H,26,28)/t17-,20-,23+/m1/s1. The quantitative estimate of drug-likeness (QED) is 0.814. The number of pyridine rings is 1. The predicted octanol–water partition coefficient (Wildman–Crippen LogP) is 3.19. The van der Waals surface area contributed by atoms with Gasteiger partial charge in [-0.15, -0.1) is 0 Å². The number of carbonyl (C=O) groups is 2. The number of ether oxygens (including phenoxy) is 1. The van der Waals surface area contributed by atoms with Gasteiger partial charge in [0.15, 0.2) is 0 Å². The van der Waals surface area contributed by atoms with Gasteiger partial charge in [-0.05, 0) is 37.0 Å². The van der Waals surface area contributed by atoms with Crippen LogP contribution >= 0.6 is 0 Å². The molecule has 158 valence electrons. The zero-order chi connectivity index (χ0) is 21.0. The summed E-state index contributed by atoms with van der Waals surface area (Å²) in [5.41, 5.74) is 1.41. The molecule has 0 radical (unpaired) electrons. The van der Waals surface area contributed by atoms with Crippen LogP contribution in [0.1, 0.15) is 31.7 Å². The minimum atomic E-state index is -0.467. The number of amides is 3. The number of urea groups is 1. The second-order valence-electron chi connectivity index (χ2n) is 8.18. The Morgan fingerprint density at radius 3 is 2.77 bits per heavy atom. The van der Waals surface area contributed by atoms with Crippen molar-refractivity contribution in [1.82, 2.24) is 15.2 Å². The maximum absolute atomic E-state index is 12.6. The summed E-state index contributed by atoms with van der Waals surface area (Å²) >= 11 is 0. The molecule has 7 nitrogen and oxygen atoms in total. The molecule has 3 atom stereocenters. The number of hydrogen-bond donors (Lipinski definition) is 2. The summed E-state index contributed by atoms with van der Waals surface area (Å²) in [6.45, 7) is 3.88. The molecule has 2 N–H and O–H groups in total. The van der Waals surface area contributed by atoms with Crippen LogP contribution in [-0.2, 0) is 16.1 Å². The zero-order valence-electron chi connectivity index (χ0n) is 17.2. The van der Waals surface area contributed by atoms with Crippen molar-refractivity contribution in [3.63, 3.8) is 0 Å². The minimum Gasteiger partial charge on any atom is -0.362 e. The van der Waals surface area contributed by atoms with E-state index in [0.29, 0.717) is 31.7 Å². The highest BCUT2D eigenvalue weighted by Crippen LogP contribution is 2.42. The van der Waals surface area contributed by atoms with Gasteiger partial charge in [0.25, 0.3) is 5.91 Å². The molecule has 2 aromatic rings. The van der Waals surface area contributed by atoms with E-state index < -0.39 is 6.10 Å². The molecule has 0 unspecified atom stereocenters. The number of carbonyl (C=O) groups excluding carboxylic acids is 2. The van der Waals surface area contributed by atoms with Crippen molar-refractivity contribution in [2.24, 2.45) is 5.92 Å². The molecule has 2 aliphatic rings. The number of anilines is 1. The van der Waals surface area contributed by atoms with E-state index in [0.717, 1.165) is 18.4 Å². The number of aromatic nitrogens is 1. The first-order chi connectivity index (χ1) is 14.6. The molecule has 0 bridgehead atoms. The van der Waals surface area contributed by atoms with E-state index in [1.807, 2.05) is 41.3 Å². The van der Waals surface area contributed by atoms with E-state index in [2.05, 4.69) is 22.5 Å². The van der Waals surface area contributed by atoms with Crippen molar-refractivity contribution in [2.75, 3.05) is 18.4 Å². The monoisotopic (exact) mass is 408 g/mol. The van der Waals surface area contributed by atoms with E-state index in [1.54, 1.807) is 18.5 Å². The molecule has 30 heavy (non-hydrogen) atoms. The van der Waals surface area contributed by atoms with E-state index in [4.69, 9.17) is 4.74 Å². The van der Waals surface area contributed by atoms with Crippen molar-refractivity contribution >= 4 is 17.6 Å². The Kier molecular flexibility index (Phi) is 5.99. The van der Waals surface area contributed by atoms with Gasteiger partial charge in [0.1, 0.15) is 6.10 Å². The van der Waals surface area contributed by atoms with E-state index in [-0.39, 0.29) is 23.5 Å². The Morgan fingerprint density at radius 1 is 1.20 bits per heavy atom. The number of rotatable bonds is 4. The Hall–Kier alpha value is -2.93. The first-order valence-electron chi connectivity index (χ1n) is 10.5. The Balaban J connectivity index is 1.29. The third kappa shape index (κ3) is 4.46. The summed E-state index contributed by atoms with van der Waals surface area (Å²) < 4.78 is 6.30. The second kappa shape index (κ2) is 8.83. The lowest BCUT2D eigenvalue weighted by atomic mass is 9.80. The summed E-state index contributed by atoms with van der Waals surface area (Å²) in [5, 5.41) is 5.88. The smallest absolute Gasteiger partial charge is 0.317 e. The second-order valence-corrected chi connectivity index (χ2v) is 8.18. The predicted molar refractivity (Wildman–Crippen MR) is 114 cm³/mol. The molecule has 0 aliphatic carbocycles. The fourth-order valence-corrected chi connectivity index (χ4v) is 4.40. The number of nitrogens with zero attached hydrogens (tertiary/aromatic N) is 2. The third-order valence-electron chi connectivity index (χ3n) is 6.20. The van der Waals surface area contributed by atoms with Crippen LogP contribution in [0.5, 0.6) is 0 Å². The lowest BCUT2D eigenvalue weighted by Crippen LogP contribution is -2.54. The topological polar surface area (TPSA) is 83.6 Å². The van der Waals surface area contributed by atoms with Gasteiger partial charge in [-0.1, -0.05) is 37.3 Å². The van der Waals surface area contributed by atoms with Crippen molar-refractivity contribution in [2.45, 2.75) is 44.4 Å². The molecule has 4 rings (SSSR count). The highest BCUT2D eigenvalue weighted by Gasteiger charge is 2.49. The number of nitrogens with one attached hydrogen (secondary N) is 2. The third-order valence-corrected chi connectivity index (χ3v) is 6.20. The number of likely N-dealkylation sites (tertiary alicyclic amines) is 1. The lowest BCUT2D eigenvalue weighted by Gasteiger charge is -2.44. The summed E-state index contributed by atoms with van der Waals surface area (Å²) in [6.07, 6.45) is 5.09. The molecule has 3 heterocycles. The molecular formula is C23H28N4O3. The number of piperidine rings is 1. The molecule has 1 aromatic heterocycles. The van der Waals surface area contributed by atoms with E-state index in [9.17, 15) is 9.59 Å². The molecular weight excluding hydrogens is 380 g/mol. The summed E-state index contributed by atoms with van der Waals surface area (Å²) in [7, 11) is 0. The first-order valence-corrected chi connectivity index (χ1v) is 10.5. The van der Waals surface area contributed by atoms with Crippen LogP contribution in [0.15, 0.2) is 54.9 Å². The molecule has 3 amide bonds. The molecule has 1 spiro atoms. The highest BCUT2D eigenvalue weighted by atomic mass is 16.5. The summed E-state index contributed by atoms with van der Waals surface area (Å²) in [4.78, 5) is 31.1. The van der Waals surface area contributed by atoms with Gasteiger partial charge in [-0.2, -0.15) is 0 Å². The first kappa shape index (κ1) is 20.3. The van der Waals surface area contributed by atoms with Gasteiger partial charge in [0, 0.05) is 31.7 Å². The highest BCUT2D eigenvalue weighted by molar-refractivity contribution is 5.94. The van der Waals surface area contributed by atoms with Crippen LogP contribution in [-0.4, -0.2) is 46.6 Å². The molecule has 2 fully saturated rings. The van der Waals surface area contributed by atoms with E-state index in [1.165, 1.54) is 0 Å². The average molecular weight is 409 g/mol. The molecule has 1 aromatic carbocycles. The summed E-state index contributed by atoms with van der Waals surface area (Å²) in [6, 6.07) is 13.4. The van der Waals surface area contributed by atoms with Crippen molar-refractivity contribution < 1.29 is 14.3 Å². The molecule has 2 aliphatic heterocycles. The lowest BCUT2D eigenvalue weighted by molar-refractivity contribution is -0.141. The van der Waals surface area contributed by atoms with Crippen LogP contribution in [0, 0.1) is 5.92 Å². The van der Waals surface area contributed by atoms with Gasteiger partial charge in [0.05, 0.1) is 17.5 Å². The van der Waals surface area contributed by atoms with Crippen molar-refractivity contribution in [3.05, 3.63) is 60.4 Å². The SMILES string of the molecule is C[C@@H]1CN(C(=O)NCc2ccccc2)CC[C@@]12CC[C@H](C(=O)Nc1cccnc1)O2. The van der Waals surface area contributed by atoms with Crippen LogP contribution in [0.4, 0.5) is 10.5 Å². The van der Waals surface area contributed by atoms with Crippen molar-refractivity contribution in [1.29, 1.82) is 0 Å². The molecule has 7 heteroatoms. The van der Waals surface area contributed by atoms with Gasteiger partial charge < -0.3 is 20.3 Å². The largest absolute Gasteiger partial charge is 0.362 e. The zero-order valence-corrected chi connectivity index (χ0v) is 17.2. The Labute approximate surface area is 176 Å². The number of hydrogen-bond acceptors (Lipinski definition) is 4. The fraction of sp³-hybridized carbons (Fsp3) is 0.435. The van der Waals surface area contributed by atoms with E-state index >= 15 is 0 Å². The maximum Gasteiger partial charge on any atom is 0.317 e. The Morgan fingerprint density at radius 2 is 2.03 bits per heavy atom. The van der Waals surface area contributed by atoms with Gasteiger partial charge >= 0.3 is 6.03 Å². The Bertz CT molecular complexity index is 877. The van der Waals surface area contributed by atoms with Crippen LogP contribution in [0.25, 0.3) is 0 Å². The van der Waals surface area contributed by atoms with Crippen LogP contribution in [0.2, 0.25) is 0 Å². The fourth-order valence-electron chi connectivity index (χ4n) is 4.40. The van der Waals surface area contributed by atoms with Crippen molar-refractivity contribution in [3.8, 4) is 0 Å². The average Bonchev–Trinajstić information content (AvgIpc) is 3.21. The van der Waals surface area contributed by atoms with Gasteiger partial charge in [0.2, 0.25) is 0 Å². The minimum absolute atomic E-state index is 0.0515. The van der Waals surface area contributed by atoms with Gasteiger partial charge in [-0.25, -0.2) is 4.79 Å². The number of benzene rings is 1. The van der Waals surface area contributed by atoms with Crippen LogP contribution < -0.4 is 10.6 Å². The molecule has 0 saturated carbocycles. The van der Waals surface area contributed by atoms with Crippen LogP contribution in [0.3, 0.4) is 0 Å². The summed E-state index contributed by atoms with van der Waals surface area (Å²) in [5.74, 6) is 0.0278. The normalized spacial score (nSPS) is 25.8. The maximum atomic E-state index is 12.6. The molecule has 2 saturated heterocycles. The van der Waals surface area contributed by atoms with Gasteiger partial charge in [-0.3, -0.25) is 9.78 Å².